The third-order valence-electron chi connectivity index (χ3n) is 7.37. The number of hydrogen-bond acceptors (Lipinski definition) is 11. The lowest BCUT2D eigenvalue weighted by Gasteiger charge is -2.52. The standard InChI is InChI=1S/C29H32N10O2/c1-19-6-5-7-23(33-19)26-31-10-8-24(36-26)35-25-9-11-32-29(37-25)34-21-14-20(15-30-16-21)17-39-18-22(28(40)41)27(39)38-12-3-2-4-13-38/h5-11,14-16,22,27H,2-4,12-13,17-18H2,1H3,(H,40,41)(H2,31,32,34,35,36,37). The number of carboxylic acids is 1. The van der Waals surface area contributed by atoms with Crippen LogP contribution < -0.4 is 10.6 Å². The van der Waals surface area contributed by atoms with Gasteiger partial charge in [0, 0.05) is 37.4 Å². The van der Waals surface area contributed by atoms with E-state index in [9.17, 15) is 9.90 Å². The minimum Gasteiger partial charge on any atom is -0.481 e. The molecule has 0 spiro atoms. The van der Waals surface area contributed by atoms with Crippen molar-refractivity contribution in [3.63, 3.8) is 0 Å². The number of rotatable bonds is 9. The SMILES string of the molecule is Cc1cccc(-c2nccc(Nc3ccnc(Nc4cncc(CN5CC(C(=O)O)C5N5CCCCC5)c4)n3)n2)n1. The molecule has 4 aromatic heterocycles. The molecule has 0 amide bonds. The van der Waals surface area contributed by atoms with Gasteiger partial charge in [0.1, 0.15) is 17.3 Å². The summed E-state index contributed by atoms with van der Waals surface area (Å²) in [6.07, 6.45) is 10.3. The van der Waals surface area contributed by atoms with E-state index in [-0.39, 0.29) is 12.1 Å². The highest BCUT2D eigenvalue weighted by atomic mass is 16.4. The van der Waals surface area contributed by atoms with Crippen LogP contribution in [-0.2, 0) is 11.3 Å². The number of hydrogen-bond donors (Lipinski definition) is 3. The van der Waals surface area contributed by atoms with Crippen LogP contribution in [0, 0.1) is 12.8 Å². The fourth-order valence-electron chi connectivity index (χ4n) is 5.45. The van der Waals surface area contributed by atoms with Crippen LogP contribution in [0.5, 0.6) is 0 Å². The van der Waals surface area contributed by atoms with Crippen molar-refractivity contribution in [2.24, 2.45) is 5.92 Å². The average molecular weight is 553 g/mol. The quantitative estimate of drug-likeness (QED) is 0.277. The monoisotopic (exact) mass is 552 g/mol. The Balaban J connectivity index is 1.12. The average Bonchev–Trinajstić information content (AvgIpc) is 2.96. The van der Waals surface area contributed by atoms with E-state index < -0.39 is 5.97 Å². The van der Waals surface area contributed by atoms with Gasteiger partial charge in [-0.1, -0.05) is 12.5 Å². The normalized spacial score (nSPS) is 19.3. The Bertz CT molecular complexity index is 1530. The van der Waals surface area contributed by atoms with Crippen molar-refractivity contribution in [1.82, 2.24) is 39.7 Å². The molecule has 12 heteroatoms. The van der Waals surface area contributed by atoms with Crippen LogP contribution >= 0.6 is 0 Å². The van der Waals surface area contributed by atoms with Crippen molar-refractivity contribution in [1.29, 1.82) is 0 Å². The summed E-state index contributed by atoms with van der Waals surface area (Å²) >= 11 is 0. The highest BCUT2D eigenvalue weighted by Gasteiger charge is 2.46. The molecule has 12 nitrogen and oxygen atoms in total. The molecule has 41 heavy (non-hydrogen) atoms. The van der Waals surface area contributed by atoms with Gasteiger partial charge in [0.25, 0.3) is 0 Å². The second-order valence-electron chi connectivity index (χ2n) is 10.4. The number of nitrogens with one attached hydrogen (secondary N) is 2. The minimum absolute atomic E-state index is 0.0699. The van der Waals surface area contributed by atoms with Crippen molar-refractivity contribution in [2.75, 3.05) is 30.3 Å². The van der Waals surface area contributed by atoms with Crippen LogP contribution in [0.4, 0.5) is 23.3 Å². The molecule has 2 fully saturated rings. The zero-order valence-electron chi connectivity index (χ0n) is 22.8. The van der Waals surface area contributed by atoms with Crippen molar-refractivity contribution < 1.29 is 9.90 Å². The van der Waals surface area contributed by atoms with Gasteiger partial charge in [0.2, 0.25) is 5.95 Å². The summed E-state index contributed by atoms with van der Waals surface area (Å²) in [5.41, 5.74) is 3.34. The number of aryl methyl sites for hydroxylation is 1. The fourth-order valence-corrected chi connectivity index (χ4v) is 5.45. The van der Waals surface area contributed by atoms with Gasteiger partial charge in [-0.15, -0.1) is 0 Å². The minimum atomic E-state index is -0.721. The van der Waals surface area contributed by atoms with Gasteiger partial charge in [0.05, 0.1) is 24.0 Å². The Morgan fingerprint density at radius 2 is 1.78 bits per heavy atom. The van der Waals surface area contributed by atoms with Crippen LogP contribution in [0.1, 0.15) is 30.5 Å². The molecule has 6 heterocycles. The number of aliphatic carboxylic acids is 1. The molecular formula is C29H32N10O2. The van der Waals surface area contributed by atoms with Gasteiger partial charge in [-0.2, -0.15) is 4.98 Å². The smallest absolute Gasteiger partial charge is 0.310 e. The molecule has 2 saturated heterocycles. The van der Waals surface area contributed by atoms with Crippen LogP contribution in [0.2, 0.25) is 0 Å². The number of likely N-dealkylation sites (tertiary alicyclic amines) is 2. The summed E-state index contributed by atoms with van der Waals surface area (Å²) in [7, 11) is 0. The maximum absolute atomic E-state index is 11.8. The van der Waals surface area contributed by atoms with E-state index in [0.29, 0.717) is 42.2 Å². The molecule has 210 valence electrons. The summed E-state index contributed by atoms with van der Waals surface area (Å²) in [4.78, 5) is 43.1. The molecule has 2 unspecified atom stereocenters. The van der Waals surface area contributed by atoms with Gasteiger partial charge < -0.3 is 15.7 Å². The first-order valence-electron chi connectivity index (χ1n) is 13.8. The third kappa shape index (κ3) is 6.28. The summed E-state index contributed by atoms with van der Waals surface area (Å²) in [6, 6.07) is 11.3. The molecule has 0 aliphatic carbocycles. The maximum Gasteiger partial charge on any atom is 0.310 e. The lowest BCUT2D eigenvalue weighted by atomic mass is 9.91. The van der Waals surface area contributed by atoms with E-state index in [4.69, 9.17) is 0 Å². The van der Waals surface area contributed by atoms with E-state index >= 15 is 0 Å². The van der Waals surface area contributed by atoms with Crippen molar-refractivity contribution in [3.05, 3.63) is 72.4 Å². The predicted molar refractivity (Wildman–Crippen MR) is 154 cm³/mol. The maximum atomic E-state index is 11.8. The van der Waals surface area contributed by atoms with E-state index in [1.54, 1.807) is 30.7 Å². The second kappa shape index (κ2) is 11.9. The number of carboxylic acid groups (broad SMARTS) is 1. The van der Waals surface area contributed by atoms with Crippen LogP contribution in [-0.4, -0.2) is 76.6 Å². The molecule has 2 atom stereocenters. The largest absolute Gasteiger partial charge is 0.481 e. The molecular weight excluding hydrogens is 520 g/mol. The van der Waals surface area contributed by atoms with E-state index in [1.807, 2.05) is 37.4 Å². The Morgan fingerprint density at radius 1 is 0.976 bits per heavy atom. The zero-order chi connectivity index (χ0) is 28.2. The summed E-state index contributed by atoms with van der Waals surface area (Å²) < 4.78 is 0. The molecule has 2 aliphatic heterocycles. The molecule has 0 aromatic carbocycles. The number of nitrogens with zero attached hydrogens (tertiary/aromatic N) is 8. The Morgan fingerprint density at radius 3 is 2.59 bits per heavy atom. The van der Waals surface area contributed by atoms with Gasteiger partial charge in [-0.25, -0.2) is 19.9 Å². The first kappa shape index (κ1) is 26.7. The third-order valence-corrected chi connectivity index (χ3v) is 7.37. The molecule has 0 radical (unpaired) electrons. The Hall–Kier alpha value is -4.55. The molecule has 2 aliphatic rings. The van der Waals surface area contributed by atoms with E-state index in [0.717, 1.165) is 42.9 Å². The van der Waals surface area contributed by atoms with Gasteiger partial charge in [-0.05, 0) is 68.8 Å². The Kier molecular flexibility index (Phi) is 7.74. The summed E-state index contributed by atoms with van der Waals surface area (Å²) in [5, 5.41) is 16.2. The van der Waals surface area contributed by atoms with E-state index in [2.05, 4.69) is 50.3 Å². The highest BCUT2D eigenvalue weighted by Crippen LogP contribution is 2.32. The van der Waals surface area contributed by atoms with E-state index in [1.165, 1.54) is 6.42 Å². The van der Waals surface area contributed by atoms with Crippen LogP contribution in [0.3, 0.4) is 0 Å². The Labute approximate surface area is 237 Å². The molecule has 0 bridgehead atoms. The highest BCUT2D eigenvalue weighted by molar-refractivity contribution is 5.72. The molecule has 6 rings (SSSR count). The number of carbonyl (C=O) groups is 1. The van der Waals surface area contributed by atoms with Crippen molar-refractivity contribution in [3.8, 4) is 11.5 Å². The van der Waals surface area contributed by atoms with Gasteiger partial charge in [-0.3, -0.25) is 19.6 Å². The summed E-state index contributed by atoms with van der Waals surface area (Å²) in [6.45, 7) is 4.99. The number of aromatic nitrogens is 6. The molecule has 3 N–H and O–H groups in total. The molecule has 0 saturated carbocycles. The second-order valence-corrected chi connectivity index (χ2v) is 10.4. The fraction of sp³-hybridized carbons (Fsp3) is 0.345. The number of piperidine rings is 1. The van der Waals surface area contributed by atoms with Crippen LogP contribution in [0.25, 0.3) is 11.5 Å². The predicted octanol–water partition coefficient (Wildman–Crippen LogP) is 3.85. The van der Waals surface area contributed by atoms with Gasteiger partial charge in [0.15, 0.2) is 5.82 Å². The topological polar surface area (TPSA) is 145 Å². The summed E-state index contributed by atoms with van der Waals surface area (Å²) in [5.74, 6) is 1.01. The first-order valence-corrected chi connectivity index (χ1v) is 13.8. The van der Waals surface area contributed by atoms with Crippen molar-refractivity contribution >= 4 is 29.2 Å². The molecule has 4 aromatic rings. The van der Waals surface area contributed by atoms with Gasteiger partial charge >= 0.3 is 5.97 Å². The zero-order valence-corrected chi connectivity index (χ0v) is 22.8. The number of pyridine rings is 2. The lowest BCUT2D eigenvalue weighted by Crippen LogP contribution is -2.66. The van der Waals surface area contributed by atoms with Crippen LogP contribution in [0.15, 0.2) is 61.2 Å². The number of anilines is 4. The lowest BCUT2D eigenvalue weighted by molar-refractivity contribution is -0.167. The van der Waals surface area contributed by atoms with Crippen molar-refractivity contribution in [2.45, 2.75) is 38.9 Å². The first-order chi connectivity index (χ1) is 20.0.